The van der Waals surface area contributed by atoms with Crippen LogP contribution in [-0.4, -0.2) is 42.5 Å². The minimum absolute atomic E-state index is 0.0872. The second kappa shape index (κ2) is 6.96. The zero-order chi connectivity index (χ0) is 16.0. The first kappa shape index (κ1) is 16.8. The third kappa shape index (κ3) is 5.72. The molecule has 0 aliphatic heterocycles. The molecular weight excluding hydrogens is 287 g/mol. The standard InChI is InChI=1S/C13H16F3N3O2/c1-2-19(8-13(14,15)16)11(20)7-18-12(21)9-3-5-10(17)6-4-9/h3-6H,2,7-8,17H2,1H3,(H,18,21). The van der Waals surface area contributed by atoms with E-state index in [0.29, 0.717) is 10.6 Å². The third-order valence-corrected chi connectivity index (χ3v) is 2.68. The number of hydrogen-bond donors (Lipinski definition) is 2. The number of hydrogen-bond acceptors (Lipinski definition) is 3. The molecule has 1 aromatic carbocycles. The van der Waals surface area contributed by atoms with Crippen LogP contribution in [0.3, 0.4) is 0 Å². The van der Waals surface area contributed by atoms with Gasteiger partial charge in [-0.3, -0.25) is 9.59 Å². The molecule has 21 heavy (non-hydrogen) atoms. The fraction of sp³-hybridized carbons (Fsp3) is 0.385. The number of nitrogens with two attached hydrogens (primary N) is 1. The number of nitrogens with one attached hydrogen (secondary N) is 1. The Labute approximate surface area is 119 Å². The minimum Gasteiger partial charge on any atom is -0.399 e. The summed E-state index contributed by atoms with van der Waals surface area (Å²) in [5.74, 6) is -1.34. The van der Waals surface area contributed by atoms with Gasteiger partial charge in [-0.05, 0) is 31.2 Å². The molecule has 0 saturated heterocycles. The van der Waals surface area contributed by atoms with Gasteiger partial charge in [0.15, 0.2) is 0 Å². The molecular formula is C13H16F3N3O2. The van der Waals surface area contributed by atoms with Gasteiger partial charge in [-0.15, -0.1) is 0 Å². The number of anilines is 1. The second-order valence-corrected chi connectivity index (χ2v) is 4.33. The average molecular weight is 303 g/mol. The molecule has 5 nitrogen and oxygen atoms in total. The van der Waals surface area contributed by atoms with Crippen molar-refractivity contribution in [2.24, 2.45) is 0 Å². The summed E-state index contributed by atoms with van der Waals surface area (Å²) in [4.78, 5) is 24.0. The van der Waals surface area contributed by atoms with Crippen LogP contribution in [0.25, 0.3) is 0 Å². The summed E-state index contributed by atoms with van der Waals surface area (Å²) in [6.45, 7) is -0.477. The Morgan fingerprint density at radius 3 is 2.29 bits per heavy atom. The molecule has 0 spiro atoms. The van der Waals surface area contributed by atoms with Gasteiger partial charge in [0, 0.05) is 17.8 Å². The van der Waals surface area contributed by atoms with Gasteiger partial charge in [0.2, 0.25) is 5.91 Å². The summed E-state index contributed by atoms with van der Waals surface area (Å²) in [5.41, 5.74) is 6.22. The highest BCUT2D eigenvalue weighted by Gasteiger charge is 2.32. The Balaban J connectivity index is 2.55. The number of nitrogen functional groups attached to an aromatic ring is 1. The topological polar surface area (TPSA) is 75.4 Å². The molecule has 1 rings (SSSR count). The monoisotopic (exact) mass is 303 g/mol. The molecule has 0 fully saturated rings. The lowest BCUT2D eigenvalue weighted by atomic mass is 10.2. The number of alkyl halides is 3. The van der Waals surface area contributed by atoms with Crippen LogP contribution in [0.2, 0.25) is 0 Å². The molecule has 1 aromatic rings. The number of likely N-dealkylation sites (N-methyl/N-ethyl adjacent to an activating group) is 1. The second-order valence-electron chi connectivity index (χ2n) is 4.33. The van der Waals surface area contributed by atoms with Crippen LogP contribution in [0.1, 0.15) is 17.3 Å². The minimum atomic E-state index is -4.47. The van der Waals surface area contributed by atoms with E-state index in [2.05, 4.69) is 5.32 Å². The molecule has 0 aliphatic rings. The van der Waals surface area contributed by atoms with Crippen molar-refractivity contribution in [1.82, 2.24) is 10.2 Å². The molecule has 116 valence electrons. The van der Waals surface area contributed by atoms with E-state index in [0.717, 1.165) is 0 Å². The summed E-state index contributed by atoms with van der Waals surface area (Å²) in [6.07, 6.45) is -4.47. The van der Waals surface area contributed by atoms with Gasteiger partial charge in [0.25, 0.3) is 5.91 Å². The fourth-order valence-electron chi connectivity index (χ4n) is 1.60. The molecule has 0 unspecified atom stereocenters. The summed E-state index contributed by atoms with van der Waals surface area (Å²) in [6, 6.07) is 5.95. The van der Waals surface area contributed by atoms with E-state index in [1.807, 2.05) is 0 Å². The number of benzene rings is 1. The third-order valence-electron chi connectivity index (χ3n) is 2.68. The number of carbonyl (C=O) groups is 2. The van der Waals surface area contributed by atoms with Crippen LogP contribution in [0.15, 0.2) is 24.3 Å². The summed E-state index contributed by atoms with van der Waals surface area (Å²) in [7, 11) is 0. The summed E-state index contributed by atoms with van der Waals surface area (Å²) >= 11 is 0. The molecule has 0 heterocycles. The Kier molecular flexibility index (Phi) is 5.57. The van der Waals surface area contributed by atoms with Crippen LogP contribution in [0, 0.1) is 0 Å². The van der Waals surface area contributed by atoms with Crippen LogP contribution in [-0.2, 0) is 4.79 Å². The zero-order valence-electron chi connectivity index (χ0n) is 11.4. The molecule has 0 saturated carbocycles. The van der Waals surface area contributed by atoms with Gasteiger partial charge in [0.1, 0.15) is 6.54 Å². The first-order chi connectivity index (χ1) is 9.73. The molecule has 2 amide bonds. The van der Waals surface area contributed by atoms with Crippen molar-refractivity contribution in [2.45, 2.75) is 13.1 Å². The maximum atomic E-state index is 12.3. The van der Waals surface area contributed by atoms with Gasteiger partial charge >= 0.3 is 6.18 Å². The van der Waals surface area contributed by atoms with Gasteiger partial charge < -0.3 is 16.0 Å². The molecule has 0 atom stereocenters. The van der Waals surface area contributed by atoms with Crippen molar-refractivity contribution in [3.63, 3.8) is 0 Å². The smallest absolute Gasteiger partial charge is 0.399 e. The van der Waals surface area contributed by atoms with E-state index in [1.54, 1.807) is 0 Å². The predicted octanol–water partition coefficient (Wildman–Crippen LogP) is 1.41. The SMILES string of the molecule is CCN(CC(F)(F)F)C(=O)CNC(=O)c1ccc(N)cc1. The van der Waals surface area contributed by atoms with Crippen LogP contribution in [0.4, 0.5) is 18.9 Å². The summed E-state index contributed by atoms with van der Waals surface area (Å²) < 4.78 is 36.8. The van der Waals surface area contributed by atoms with Crippen LogP contribution in [0.5, 0.6) is 0 Å². The number of carbonyl (C=O) groups excluding carboxylic acids is 2. The highest BCUT2D eigenvalue weighted by molar-refractivity contribution is 5.96. The number of rotatable bonds is 5. The van der Waals surface area contributed by atoms with Gasteiger partial charge in [-0.1, -0.05) is 0 Å². The quantitative estimate of drug-likeness (QED) is 0.808. The van der Waals surface area contributed by atoms with E-state index < -0.39 is 31.1 Å². The number of halogens is 3. The lowest BCUT2D eigenvalue weighted by Gasteiger charge is -2.22. The Hall–Kier alpha value is -2.25. The van der Waals surface area contributed by atoms with Crippen LogP contribution < -0.4 is 11.1 Å². The lowest BCUT2D eigenvalue weighted by molar-refractivity contribution is -0.160. The maximum Gasteiger partial charge on any atom is 0.406 e. The zero-order valence-corrected chi connectivity index (χ0v) is 11.4. The molecule has 3 N–H and O–H groups in total. The predicted molar refractivity (Wildman–Crippen MR) is 71.5 cm³/mol. The molecule has 8 heteroatoms. The Morgan fingerprint density at radius 2 is 1.81 bits per heavy atom. The molecule has 0 aliphatic carbocycles. The Bertz CT molecular complexity index is 500. The molecule has 0 bridgehead atoms. The van der Waals surface area contributed by atoms with Crippen molar-refractivity contribution in [3.05, 3.63) is 29.8 Å². The highest BCUT2D eigenvalue weighted by Crippen LogP contribution is 2.16. The number of nitrogens with zero attached hydrogens (tertiary/aromatic N) is 1. The van der Waals surface area contributed by atoms with E-state index in [9.17, 15) is 22.8 Å². The van der Waals surface area contributed by atoms with Crippen LogP contribution >= 0.6 is 0 Å². The molecule has 0 radical (unpaired) electrons. The first-order valence-corrected chi connectivity index (χ1v) is 6.21. The van der Waals surface area contributed by atoms with Crippen molar-refractivity contribution >= 4 is 17.5 Å². The fourth-order valence-corrected chi connectivity index (χ4v) is 1.60. The lowest BCUT2D eigenvalue weighted by Crippen LogP contribution is -2.44. The van der Waals surface area contributed by atoms with E-state index >= 15 is 0 Å². The van der Waals surface area contributed by atoms with Crippen molar-refractivity contribution in [1.29, 1.82) is 0 Å². The Morgan fingerprint density at radius 1 is 1.24 bits per heavy atom. The summed E-state index contributed by atoms with van der Waals surface area (Å²) in [5, 5.41) is 2.28. The van der Waals surface area contributed by atoms with Gasteiger partial charge in [0.05, 0.1) is 6.54 Å². The van der Waals surface area contributed by atoms with Crippen molar-refractivity contribution in [2.75, 3.05) is 25.4 Å². The van der Waals surface area contributed by atoms with Crippen molar-refractivity contribution in [3.8, 4) is 0 Å². The van der Waals surface area contributed by atoms with E-state index in [-0.39, 0.29) is 12.1 Å². The maximum absolute atomic E-state index is 12.3. The van der Waals surface area contributed by atoms with Gasteiger partial charge in [-0.25, -0.2) is 0 Å². The first-order valence-electron chi connectivity index (χ1n) is 6.21. The highest BCUT2D eigenvalue weighted by atomic mass is 19.4. The van der Waals surface area contributed by atoms with Crippen molar-refractivity contribution < 1.29 is 22.8 Å². The average Bonchev–Trinajstić information content (AvgIpc) is 2.41. The normalized spacial score (nSPS) is 11.0. The largest absolute Gasteiger partial charge is 0.406 e. The number of amides is 2. The molecule has 0 aromatic heterocycles. The van der Waals surface area contributed by atoms with E-state index in [1.165, 1.54) is 31.2 Å². The van der Waals surface area contributed by atoms with E-state index in [4.69, 9.17) is 5.73 Å². The van der Waals surface area contributed by atoms with Gasteiger partial charge in [-0.2, -0.15) is 13.2 Å².